The molecule has 0 bridgehead atoms. The predicted octanol–water partition coefficient (Wildman–Crippen LogP) is 3.25. The molecule has 0 spiro atoms. The van der Waals surface area contributed by atoms with Gasteiger partial charge >= 0.3 is 0 Å². The van der Waals surface area contributed by atoms with Crippen LogP contribution in [0, 0.1) is 5.92 Å². The van der Waals surface area contributed by atoms with E-state index in [4.69, 9.17) is 4.74 Å². The molecule has 0 aliphatic carbocycles. The summed E-state index contributed by atoms with van der Waals surface area (Å²) in [6.07, 6.45) is 4.18. The lowest BCUT2D eigenvalue weighted by Gasteiger charge is -2.22. The predicted molar refractivity (Wildman–Crippen MR) is 110 cm³/mol. The molecule has 1 rings (SSSR count). The minimum Gasteiger partial charge on any atom is -0.467 e. The summed E-state index contributed by atoms with van der Waals surface area (Å²) in [6, 6.07) is 0. The average Bonchev–Trinajstić information content (AvgIpc) is 2.98. The van der Waals surface area contributed by atoms with E-state index < -0.39 is 6.10 Å². The van der Waals surface area contributed by atoms with Crippen molar-refractivity contribution >= 4 is 29.7 Å². The van der Waals surface area contributed by atoms with Gasteiger partial charge in [0.2, 0.25) is 0 Å². The Kier molecular flexibility index (Phi) is 12.1. The Labute approximate surface area is 167 Å². The van der Waals surface area contributed by atoms with E-state index in [2.05, 4.69) is 29.5 Å². The molecule has 0 saturated heterocycles. The van der Waals surface area contributed by atoms with Gasteiger partial charge in [-0.25, -0.2) is 4.98 Å². The van der Waals surface area contributed by atoms with Crippen LogP contribution in [-0.4, -0.2) is 47.3 Å². The largest absolute Gasteiger partial charge is 0.467 e. The van der Waals surface area contributed by atoms with Crippen LogP contribution >= 0.6 is 23.7 Å². The van der Waals surface area contributed by atoms with E-state index in [-0.39, 0.29) is 30.5 Å². The first kappa shape index (κ1) is 25.1. The number of hydrogen-bond acceptors (Lipinski definition) is 6. The number of aromatic nitrogens is 1. The van der Waals surface area contributed by atoms with Gasteiger partial charge in [-0.05, 0) is 33.1 Å². The first-order valence-electron chi connectivity index (χ1n) is 8.97. The lowest BCUT2D eigenvalue weighted by atomic mass is 10.1. The molecule has 0 saturated carbocycles. The summed E-state index contributed by atoms with van der Waals surface area (Å²) >= 11 is 1.20. The van der Waals surface area contributed by atoms with Crippen LogP contribution in [0.1, 0.15) is 63.6 Å². The second kappa shape index (κ2) is 12.5. The highest BCUT2D eigenvalue weighted by Crippen LogP contribution is 2.20. The molecule has 26 heavy (non-hydrogen) atoms. The molecular weight excluding hydrogens is 374 g/mol. The second-order valence-electron chi connectivity index (χ2n) is 7.73. The molecule has 152 valence electrons. The Morgan fingerprint density at radius 2 is 2.04 bits per heavy atom. The molecule has 1 unspecified atom stereocenters. The van der Waals surface area contributed by atoms with Gasteiger partial charge in [-0.1, -0.05) is 38.0 Å². The van der Waals surface area contributed by atoms with Crippen molar-refractivity contribution in [1.82, 2.24) is 15.6 Å². The highest BCUT2D eigenvalue weighted by Gasteiger charge is 2.15. The van der Waals surface area contributed by atoms with Crippen molar-refractivity contribution in [2.45, 2.75) is 65.5 Å². The van der Waals surface area contributed by atoms with E-state index in [0.717, 1.165) is 12.8 Å². The fourth-order valence-electron chi connectivity index (χ4n) is 2.05. The molecular formula is C18H34ClN3O3S. The minimum atomic E-state index is -0.624. The van der Waals surface area contributed by atoms with Gasteiger partial charge in [-0.2, -0.15) is 0 Å². The number of halogens is 1. The average molecular weight is 408 g/mol. The normalized spacial score (nSPS) is 12.6. The number of ether oxygens (including phenoxy) is 1. The van der Waals surface area contributed by atoms with Gasteiger partial charge in [0.15, 0.2) is 0 Å². The third-order valence-corrected chi connectivity index (χ3v) is 4.38. The molecule has 1 aromatic heterocycles. The number of nitrogens with one attached hydrogen (secondary N) is 2. The van der Waals surface area contributed by atoms with E-state index in [9.17, 15) is 9.90 Å². The molecule has 1 atom stereocenters. The van der Waals surface area contributed by atoms with Crippen molar-refractivity contribution in [3.05, 3.63) is 11.1 Å². The number of aliphatic hydroxyl groups is 1. The monoisotopic (exact) mass is 407 g/mol. The fraction of sp³-hybridized carbons (Fsp3) is 0.778. The molecule has 3 N–H and O–H groups in total. The number of aliphatic hydroxyl groups excluding tert-OH is 1. The highest BCUT2D eigenvalue weighted by atomic mass is 35.5. The number of hydrogen-bond donors (Lipinski definition) is 3. The van der Waals surface area contributed by atoms with Gasteiger partial charge in [0, 0.05) is 18.6 Å². The van der Waals surface area contributed by atoms with Crippen molar-refractivity contribution in [2.24, 2.45) is 5.92 Å². The van der Waals surface area contributed by atoms with E-state index in [1.807, 2.05) is 20.8 Å². The quantitative estimate of drug-likeness (QED) is 0.490. The zero-order valence-electron chi connectivity index (χ0n) is 16.5. The van der Waals surface area contributed by atoms with Crippen LogP contribution in [0.3, 0.4) is 0 Å². The van der Waals surface area contributed by atoms with Crippen LogP contribution in [-0.2, 0) is 0 Å². The van der Waals surface area contributed by atoms with Crippen LogP contribution in [0.4, 0.5) is 0 Å². The summed E-state index contributed by atoms with van der Waals surface area (Å²) in [5.74, 6) is 0.581. The maximum absolute atomic E-state index is 12.1. The number of carbonyl (C=O) groups is 1. The SMILES string of the molecule is CC(C)CCCCNC(=O)c1cnc(OCC(O)CNC(C)(C)C)s1.Cl. The number of unbranched alkanes of at least 4 members (excludes halogenated alkanes) is 1. The molecule has 6 nitrogen and oxygen atoms in total. The molecule has 0 aromatic carbocycles. The van der Waals surface area contributed by atoms with E-state index in [0.29, 0.717) is 29.1 Å². The molecule has 8 heteroatoms. The van der Waals surface area contributed by atoms with E-state index in [1.165, 1.54) is 24.0 Å². The number of thiazole rings is 1. The lowest BCUT2D eigenvalue weighted by molar-refractivity contribution is 0.0956. The minimum absolute atomic E-state index is 0. The zero-order chi connectivity index (χ0) is 18.9. The molecule has 1 amide bonds. The van der Waals surface area contributed by atoms with Gasteiger partial charge in [0.1, 0.15) is 17.6 Å². The number of nitrogens with zero attached hydrogens (tertiary/aromatic N) is 1. The van der Waals surface area contributed by atoms with Crippen LogP contribution < -0.4 is 15.4 Å². The summed E-state index contributed by atoms with van der Waals surface area (Å²) in [6.45, 7) is 11.8. The van der Waals surface area contributed by atoms with Crippen LogP contribution in [0.5, 0.6) is 5.19 Å². The Hall–Kier alpha value is -0.890. The Bertz CT molecular complexity index is 518. The third kappa shape index (κ3) is 11.7. The maximum Gasteiger partial charge on any atom is 0.273 e. The summed E-state index contributed by atoms with van der Waals surface area (Å²) in [7, 11) is 0. The van der Waals surface area contributed by atoms with Crippen molar-refractivity contribution in [3.8, 4) is 5.19 Å². The first-order valence-corrected chi connectivity index (χ1v) is 9.79. The molecule has 0 radical (unpaired) electrons. The van der Waals surface area contributed by atoms with Gasteiger partial charge in [-0.3, -0.25) is 4.79 Å². The van der Waals surface area contributed by atoms with Gasteiger partial charge in [0.25, 0.3) is 11.1 Å². The summed E-state index contributed by atoms with van der Waals surface area (Å²) in [4.78, 5) is 16.7. The van der Waals surface area contributed by atoms with Crippen molar-refractivity contribution in [3.63, 3.8) is 0 Å². The van der Waals surface area contributed by atoms with Gasteiger partial charge < -0.3 is 20.5 Å². The summed E-state index contributed by atoms with van der Waals surface area (Å²) < 4.78 is 5.47. The van der Waals surface area contributed by atoms with Crippen molar-refractivity contribution in [1.29, 1.82) is 0 Å². The third-order valence-electron chi connectivity index (χ3n) is 3.47. The topological polar surface area (TPSA) is 83.5 Å². The number of β-amino-alcohol motifs (C(OH)–C–C–N with tert-alkyl or cyclic N) is 1. The molecule has 0 aliphatic rings. The molecule has 1 heterocycles. The Morgan fingerprint density at radius 1 is 1.35 bits per heavy atom. The van der Waals surface area contributed by atoms with E-state index >= 15 is 0 Å². The standard InChI is InChI=1S/C18H33N3O3S.ClH/c1-13(2)8-6-7-9-19-16(23)15-11-20-17(25-15)24-12-14(22)10-21-18(3,4)5;/h11,13-14,21-22H,6-10,12H2,1-5H3,(H,19,23);1H. The number of amides is 1. The maximum atomic E-state index is 12.1. The summed E-state index contributed by atoms with van der Waals surface area (Å²) in [5.41, 5.74) is -0.0530. The van der Waals surface area contributed by atoms with Crippen LogP contribution in [0.15, 0.2) is 6.20 Å². The molecule has 0 aliphatic heterocycles. The number of rotatable bonds is 11. The lowest BCUT2D eigenvalue weighted by Crippen LogP contribution is -2.42. The van der Waals surface area contributed by atoms with Gasteiger partial charge in [-0.15, -0.1) is 12.4 Å². The van der Waals surface area contributed by atoms with Crippen molar-refractivity contribution in [2.75, 3.05) is 19.7 Å². The van der Waals surface area contributed by atoms with Crippen LogP contribution in [0.25, 0.3) is 0 Å². The fourth-order valence-corrected chi connectivity index (χ4v) is 2.74. The van der Waals surface area contributed by atoms with Crippen molar-refractivity contribution < 1.29 is 14.6 Å². The smallest absolute Gasteiger partial charge is 0.273 e. The highest BCUT2D eigenvalue weighted by molar-refractivity contribution is 7.15. The summed E-state index contributed by atoms with van der Waals surface area (Å²) in [5, 5.41) is 16.4. The Morgan fingerprint density at radius 3 is 2.65 bits per heavy atom. The molecule has 0 fully saturated rings. The Balaban J connectivity index is 0.00000625. The van der Waals surface area contributed by atoms with E-state index in [1.54, 1.807) is 0 Å². The molecule has 1 aromatic rings. The first-order chi connectivity index (χ1) is 11.7. The zero-order valence-corrected chi connectivity index (χ0v) is 18.1. The van der Waals surface area contributed by atoms with Gasteiger partial charge in [0.05, 0.1) is 6.20 Å². The van der Waals surface area contributed by atoms with Crippen LogP contribution in [0.2, 0.25) is 0 Å². The number of carbonyl (C=O) groups excluding carboxylic acids is 1. The second-order valence-corrected chi connectivity index (χ2v) is 8.72.